The monoisotopic (exact) mass is 270 g/mol. The second-order valence-electron chi connectivity index (χ2n) is 4.65. The molecule has 0 spiro atoms. The van der Waals surface area contributed by atoms with Crippen LogP contribution in [0.5, 0.6) is 0 Å². The quantitative estimate of drug-likeness (QED) is 0.765. The minimum atomic E-state index is -4.07. The zero-order valence-electron chi connectivity index (χ0n) is 10.2. The van der Waals surface area contributed by atoms with Gasteiger partial charge in [0, 0.05) is 32.7 Å². The lowest BCUT2D eigenvalue weighted by molar-refractivity contribution is -0.149. The molecule has 1 heterocycles. The Labute approximate surface area is 107 Å². The van der Waals surface area contributed by atoms with Gasteiger partial charge in [-0.2, -0.15) is 25.8 Å². The highest BCUT2D eigenvalue weighted by Crippen LogP contribution is 2.18. The lowest BCUT2D eigenvalue weighted by atomic mass is 10.1. The van der Waals surface area contributed by atoms with Crippen molar-refractivity contribution in [1.29, 1.82) is 0 Å². The van der Waals surface area contributed by atoms with Gasteiger partial charge in [-0.1, -0.05) is 13.3 Å². The van der Waals surface area contributed by atoms with Crippen molar-refractivity contribution in [3.63, 3.8) is 0 Å². The number of nitrogens with zero attached hydrogens (tertiary/aromatic N) is 2. The molecule has 1 fully saturated rings. The normalized spacial score (nSPS) is 21.7. The fourth-order valence-corrected chi connectivity index (χ4v) is 2.44. The first-order valence-corrected chi connectivity index (χ1v) is 6.70. The van der Waals surface area contributed by atoms with Crippen LogP contribution in [0.2, 0.25) is 0 Å². The van der Waals surface area contributed by atoms with E-state index in [1.165, 1.54) is 4.90 Å². The molecule has 102 valence electrons. The Kier molecular flexibility index (Phi) is 6.09. The van der Waals surface area contributed by atoms with Crippen LogP contribution in [0.15, 0.2) is 0 Å². The lowest BCUT2D eigenvalue weighted by Gasteiger charge is -2.36. The molecule has 17 heavy (non-hydrogen) atoms. The fraction of sp³-hybridized carbons (Fsp3) is 1.00. The van der Waals surface area contributed by atoms with Crippen molar-refractivity contribution in [3.05, 3.63) is 0 Å². The SMILES string of the molecule is CCC(CS)CN1CCN(CC(F)(F)F)CC1. The minimum Gasteiger partial charge on any atom is -0.300 e. The molecule has 0 aromatic rings. The van der Waals surface area contributed by atoms with E-state index in [1.54, 1.807) is 0 Å². The molecule has 0 aromatic heterocycles. The predicted molar refractivity (Wildman–Crippen MR) is 66.6 cm³/mol. The van der Waals surface area contributed by atoms with Gasteiger partial charge >= 0.3 is 6.18 Å². The molecule has 0 N–H and O–H groups in total. The largest absolute Gasteiger partial charge is 0.401 e. The van der Waals surface area contributed by atoms with Crippen molar-refractivity contribution >= 4 is 12.6 Å². The number of rotatable bonds is 5. The molecule has 0 bridgehead atoms. The molecule has 0 aromatic carbocycles. The summed E-state index contributed by atoms with van der Waals surface area (Å²) >= 11 is 4.28. The molecule has 1 unspecified atom stereocenters. The molecule has 6 heteroatoms. The van der Waals surface area contributed by atoms with Crippen LogP contribution in [0.3, 0.4) is 0 Å². The third-order valence-corrected chi connectivity index (χ3v) is 3.74. The molecule has 0 amide bonds. The smallest absolute Gasteiger partial charge is 0.300 e. The van der Waals surface area contributed by atoms with Crippen LogP contribution in [0.1, 0.15) is 13.3 Å². The summed E-state index contributed by atoms with van der Waals surface area (Å²) in [6, 6.07) is 0. The Morgan fingerprint density at radius 1 is 1.12 bits per heavy atom. The van der Waals surface area contributed by atoms with Gasteiger partial charge in [0.05, 0.1) is 6.54 Å². The molecule has 1 saturated heterocycles. The van der Waals surface area contributed by atoms with Crippen LogP contribution in [-0.4, -0.2) is 61.0 Å². The Hall–Kier alpha value is 0.0600. The van der Waals surface area contributed by atoms with E-state index in [1.807, 2.05) is 0 Å². The van der Waals surface area contributed by atoms with Crippen molar-refractivity contribution in [2.75, 3.05) is 45.0 Å². The summed E-state index contributed by atoms with van der Waals surface area (Å²) in [6.07, 6.45) is -2.99. The Bertz CT molecular complexity index is 211. The van der Waals surface area contributed by atoms with Crippen molar-refractivity contribution in [2.24, 2.45) is 5.92 Å². The van der Waals surface area contributed by atoms with Crippen molar-refractivity contribution < 1.29 is 13.2 Å². The number of alkyl halides is 3. The molecule has 1 aliphatic heterocycles. The van der Waals surface area contributed by atoms with E-state index < -0.39 is 12.7 Å². The van der Waals surface area contributed by atoms with Crippen LogP contribution in [0.25, 0.3) is 0 Å². The van der Waals surface area contributed by atoms with Gasteiger partial charge in [0.15, 0.2) is 0 Å². The van der Waals surface area contributed by atoms with E-state index in [0.717, 1.165) is 31.8 Å². The first-order chi connectivity index (χ1) is 7.94. The van der Waals surface area contributed by atoms with E-state index in [9.17, 15) is 13.2 Å². The van der Waals surface area contributed by atoms with Gasteiger partial charge in [-0.3, -0.25) is 4.90 Å². The molecule has 0 radical (unpaired) electrons. The summed E-state index contributed by atoms with van der Waals surface area (Å²) in [5, 5.41) is 0. The Morgan fingerprint density at radius 3 is 2.06 bits per heavy atom. The third kappa shape index (κ3) is 5.97. The standard InChI is InChI=1S/C11H21F3N2S/c1-2-10(8-17)7-15-3-5-16(6-4-15)9-11(12,13)14/h10,17H,2-9H2,1H3. The van der Waals surface area contributed by atoms with Crippen LogP contribution < -0.4 is 0 Å². The van der Waals surface area contributed by atoms with Gasteiger partial charge in [-0.05, 0) is 11.7 Å². The third-order valence-electron chi connectivity index (χ3n) is 3.22. The van der Waals surface area contributed by atoms with Gasteiger partial charge in [-0.25, -0.2) is 0 Å². The zero-order chi connectivity index (χ0) is 12.9. The summed E-state index contributed by atoms with van der Waals surface area (Å²) in [4.78, 5) is 3.73. The molecule has 1 aliphatic rings. The zero-order valence-corrected chi connectivity index (χ0v) is 11.1. The molecular formula is C11H21F3N2S. The van der Waals surface area contributed by atoms with Crippen LogP contribution >= 0.6 is 12.6 Å². The van der Waals surface area contributed by atoms with Gasteiger partial charge in [0.1, 0.15) is 0 Å². The van der Waals surface area contributed by atoms with Crippen LogP contribution in [0, 0.1) is 5.92 Å². The summed E-state index contributed by atoms with van der Waals surface area (Å²) in [5.74, 6) is 1.40. The first kappa shape index (κ1) is 15.1. The summed E-state index contributed by atoms with van der Waals surface area (Å²) < 4.78 is 36.6. The van der Waals surface area contributed by atoms with Gasteiger partial charge in [-0.15, -0.1) is 0 Å². The molecular weight excluding hydrogens is 249 g/mol. The molecule has 1 atom stereocenters. The maximum Gasteiger partial charge on any atom is 0.401 e. The highest BCUT2D eigenvalue weighted by Gasteiger charge is 2.32. The van der Waals surface area contributed by atoms with Crippen molar-refractivity contribution in [1.82, 2.24) is 9.80 Å². The average molecular weight is 270 g/mol. The van der Waals surface area contributed by atoms with E-state index >= 15 is 0 Å². The number of thiol groups is 1. The van der Waals surface area contributed by atoms with Gasteiger partial charge in [0.2, 0.25) is 0 Å². The summed E-state index contributed by atoms with van der Waals surface area (Å²) in [5.41, 5.74) is 0. The van der Waals surface area contributed by atoms with Gasteiger partial charge < -0.3 is 4.90 Å². The Balaban J connectivity index is 2.26. The molecule has 0 aliphatic carbocycles. The van der Waals surface area contributed by atoms with E-state index in [-0.39, 0.29) is 0 Å². The second kappa shape index (κ2) is 6.85. The maximum absolute atomic E-state index is 12.2. The minimum absolute atomic E-state index is 0.516. The Morgan fingerprint density at radius 2 is 1.65 bits per heavy atom. The molecule has 1 rings (SSSR count). The highest BCUT2D eigenvalue weighted by atomic mass is 32.1. The van der Waals surface area contributed by atoms with Crippen molar-refractivity contribution in [3.8, 4) is 0 Å². The predicted octanol–water partition coefficient (Wildman–Crippen LogP) is 2.12. The van der Waals surface area contributed by atoms with E-state index in [2.05, 4.69) is 24.5 Å². The maximum atomic E-state index is 12.2. The average Bonchev–Trinajstić information content (AvgIpc) is 2.26. The first-order valence-electron chi connectivity index (χ1n) is 6.07. The summed E-state index contributed by atoms with van der Waals surface area (Å²) in [6.45, 7) is 4.82. The summed E-state index contributed by atoms with van der Waals surface area (Å²) in [7, 11) is 0. The van der Waals surface area contributed by atoms with Crippen LogP contribution in [-0.2, 0) is 0 Å². The lowest BCUT2D eigenvalue weighted by Crippen LogP contribution is -2.50. The number of piperazine rings is 1. The fourth-order valence-electron chi connectivity index (χ4n) is 2.06. The topological polar surface area (TPSA) is 6.48 Å². The molecule has 2 nitrogen and oxygen atoms in total. The van der Waals surface area contributed by atoms with Crippen LogP contribution in [0.4, 0.5) is 13.2 Å². The number of hydrogen-bond acceptors (Lipinski definition) is 3. The van der Waals surface area contributed by atoms with Crippen molar-refractivity contribution in [2.45, 2.75) is 19.5 Å². The van der Waals surface area contributed by atoms with Gasteiger partial charge in [0.25, 0.3) is 0 Å². The number of halogens is 3. The molecule has 0 saturated carbocycles. The number of hydrogen-bond donors (Lipinski definition) is 1. The second-order valence-corrected chi connectivity index (χ2v) is 5.01. The van der Waals surface area contributed by atoms with E-state index in [4.69, 9.17) is 0 Å². The van der Waals surface area contributed by atoms with E-state index in [0.29, 0.717) is 19.0 Å². The highest BCUT2D eigenvalue weighted by molar-refractivity contribution is 7.80.